The van der Waals surface area contributed by atoms with Crippen molar-refractivity contribution in [2.24, 2.45) is 0 Å². The van der Waals surface area contributed by atoms with E-state index in [0.29, 0.717) is 24.1 Å². The topological polar surface area (TPSA) is 73.0 Å². The van der Waals surface area contributed by atoms with Crippen molar-refractivity contribution in [3.63, 3.8) is 0 Å². The largest absolute Gasteiger partial charge is 0.337 e. The van der Waals surface area contributed by atoms with E-state index < -0.39 is 0 Å². The van der Waals surface area contributed by atoms with Crippen LogP contribution < -0.4 is 5.56 Å². The highest BCUT2D eigenvalue weighted by molar-refractivity contribution is 5.78. The zero-order chi connectivity index (χ0) is 18.7. The van der Waals surface area contributed by atoms with Gasteiger partial charge in [-0.05, 0) is 26.0 Å². The molecule has 0 radical (unpaired) electrons. The summed E-state index contributed by atoms with van der Waals surface area (Å²) in [6.07, 6.45) is 2.89. The average molecular weight is 351 g/mol. The number of likely N-dealkylation sites (N-methyl/N-ethyl adjacent to an activating group) is 1. The van der Waals surface area contributed by atoms with Crippen LogP contribution in [-0.4, -0.2) is 43.2 Å². The molecule has 26 heavy (non-hydrogen) atoms. The van der Waals surface area contributed by atoms with E-state index in [4.69, 9.17) is 0 Å². The van der Waals surface area contributed by atoms with Gasteiger partial charge in [-0.2, -0.15) is 5.10 Å². The van der Waals surface area contributed by atoms with E-state index in [1.807, 2.05) is 44.2 Å². The quantitative estimate of drug-likeness (QED) is 0.637. The molecule has 7 nitrogen and oxygen atoms in total. The van der Waals surface area contributed by atoms with Crippen LogP contribution >= 0.6 is 0 Å². The third kappa shape index (κ3) is 3.42. The van der Waals surface area contributed by atoms with E-state index in [-0.39, 0.29) is 18.0 Å². The first kappa shape index (κ1) is 17.6. The maximum Gasteiger partial charge on any atom is 0.264 e. The SMILES string of the molecule is C=C(C)CN(CC)C(=O)Cn1cnc2c(cnn2-c2ccccc2)c1=O. The average Bonchev–Trinajstić information content (AvgIpc) is 3.07. The lowest BCUT2D eigenvalue weighted by Crippen LogP contribution is -2.37. The minimum Gasteiger partial charge on any atom is -0.337 e. The highest BCUT2D eigenvalue weighted by Crippen LogP contribution is 2.13. The first-order valence-electron chi connectivity index (χ1n) is 8.42. The third-order valence-electron chi connectivity index (χ3n) is 4.06. The van der Waals surface area contributed by atoms with E-state index >= 15 is 0 Å². The molecule has 0 saturated carbocycles. The van der Waals surface area contributed by atoms with Crippen LogP contribution in [0.1, 0.15) is 13.8 Å². The Morgan fingerprint density at radius 3 is 2.65 bits per heavy atom. The van der Waals surface area contributed by atoms with Crippen molar-refractivity contribution in [3.05, 3.63) is 65.4 Å². The van der Waals surface area contributed by atoms with Gasteiger partial charge in [-0.3, -0.25) is 14.2 Å². The maximum atomic E-state index is 12.7. The van der Waals surface area contributed by atoms with Gasteiger partial charge in [0.05, 0.1) is 11.9 Å². The highest BCUT2D eigenvalue weighted by atomic mass is 16.2. The van der Waals surface area contributed by atoms with E-state index in [2.05, 4.69) is 16.7 Å². The van der Waals surface area contributed by atoms with Crippen LogP contribution in [0.5, 0.6) is 0 Å². The maximum absolute atomic E-state index is 12.7. The van der Waals surface area contributed by atoms with Crippen molar-refractivity contribution in [2.75, 3.05) is 13.1 Å². The zero-order valence-electron chi connectivity index (χ0n) is 14.9. The second-order valence-electron chi connectivity index (χ2n) is 6.17. The molecule has 1 aromatic carbocycles. The predicted molar refractivity (Wildman–Crippen MR) is 100 cm³/mol. The van der Waals surface area contributed by atoms with Gasteiger partial charge in [-0.15, -0.1) is 0 Å². The molecule has 0 unspecified atom stereocenters. The van der Waals surface area contributed by atoms with Crippen molar-refractivity contribution < 1.29 is 4.79 Å². The van der Waals surface area contributed by atoms with Gasteiger partial charge in [-0.1, -0.05) is 30.4 Å². The molecular weight excluding hydrogens is 330 g/mol. The lowest BCUT2D eigenvalue weighted by molar-refractivity contribution is -0.131. The van der Waals surface area contributed by atoms with Gasteiger partial charge in [-0.25, -0.2) is 9.67 Å². The smallest absolute Gasteiger partial charge is 0.264 e. The Labute approximate surface area is 151 Å². The molecule has 0 saturated heterocycles. The van der Waals surface area contributed by atoms with Crippen LogP contribution in [0.25, 0.3) is 16.7 Å². The number of nitrogens with zero attached hydrogens (tertiary/aromatic N) is 5. The van der Waals surface area contributed by atoms with E-state index in [9.17, 15) is 9.59 Å². The van der Waals surface area contributed by atoms with Crippen LogP contribution in [0.4, 0.5) is 0 Å². The Kier molecular flexibility index (Phi) is 4.97. The van der Waals surface area contributed by atoms with Gasteiger partial charge in [0.2, 0.25) is 5.91 Å². The second-order valence-corrected chi connectivity index (χ2v) is 6.17. The molecule has 0 aliphatic heterocycles. The standard InChI is InChI=1S/C19H21N5O2/c1-4-22(11-14(2)3)17(25)12-23-13-20-18-16(19(23)26)10-21-24(18)15-8-6-5-7-9-15/h5-10,13H,2,4,11-12H2,1,3H3. The summed E-state index contributed by atoms with van der Waals surface area (Å²) in [7, 11) is 0. The number of amides is 1. The number of hydrogen-bond donors (Lipinski definition) is 0. The first-order valence-corrected chi connectivity index (χ1v) is 8.42. The molecule has 1 amide bonds. The molecule has 2 aromatic heterocycles. The molecule has 0 bridgehead atoms. The number of aromatic nitrogens is 4. The molecule has 0 fully saturated rings. The summed E-state index contributed by atoms with van der Waals surface area (Å²) in [5.41, 5.74) is 1.91. The molecule has 2 heterocycles. The summed E-state index contributed by atoms with van der Waals surface area (Å²) in [5.74, 6) is -0.144. The molecule has 3 aromatic rings. The molecule has 0 aliphatic carbocycles. The Bertz CT molecular complexity index is 1000. The minimum atomic E-state index is -0.281. The number of fused-ring (bicyclic) bond motifs is 1. The minimum absolute atomic E-state index is 0.0561. The van der Waals surface area contributed by atoms with E-state index in [0.717, 1.165) is 11.3 Å². The van der Waals surface area contributed by atoms with Crippen LogP contribution in [0.3, 0.4) is 0 Å². The Morgan fingerprint density at radius 1 is 1.27 bits per heavy atom. The predicted octanol–water partition coefficient (Wildman–Crippen LogP) is 2.01. The number of hydrogen-bond acceptors (Lipinski definition) is 4. The van der Waals surface area contributed by atoms with Crippen molar-refractivity contribution >= 4 is 16.9 Å². The van der Waals surface area contributed by atoms with E-state index in [1.165, 1.54) is 17.1 Å². The van der Waals surface area contributed by atoms with Crippen molar-refractivity contribution in [3.8, 4) is 5.69 Å². The number of carbonyl (C=O) groups excluding carboxylic acids is 1. The summed E-state index contributed by atoms with van der Waals surface area (Å²) >= 11 is 0. The number of rotatable bonds is 6. The fraction of sp³-hybridized carbons (Fsp3) is 0.263. The number of para-hydroxylation sites is 1. The molecule has 0 spiro atoms. The van der Waals surface area contributed by atoms with E-state index in [1.54, 1.807) is 9.58 Å². The third-order valence-corrected chi connectivity index (χ3v) is 4.06. The van der Waals surface area contributed by atoms with Gasteiger partial charge in [0.1, 0.15) is 18.3 Å². The summed E-state index contributed by atoms with van der Waals surface area (Å²) in [6, 6.07) is 9.47. The highest BCUT2D eigenvalue weighted by Gasteiger charge is 2.16. The number of carbonyl (C=O) groups is 1. The van der Waals surface area contributed by atoms with Crippen molar-refractivity contribution in [1.82, 2.24) is 24.2 Å². The fourth-order valence-corrected chi connectivity index (χ4v) is 2.77. The molecule has 7 heteroatoms. The first-order chi connectivity index (χ1) is 12.5. The summed E-state index contributed by atoms with van der Waals surface area (Å²) in [5, 5.41) is 4.65. The molecule has 3 rings (SSSR count). The summed E-state index contributed by atoms with van der Waals surface area (Å²) in [4.78, 5) is 31.2. The van der Waals surface area contributed by atoms with Crippen molar-refractivity contribution in [2.45, 2.75) is 20.4 Å². The van der Waals surface area contributed by atoms with Crippen LogP contribution in [0.2, 0.25) is 0 Å². The Hall–Kier alpha value is -3.22. The lowest BCUT2D eigenvalue weighted by Gasteiger charge is -2.21. The molecule has 134 valence electrons. The second kappa shape index (κ2) is 7.35. The summed E-state index contributed by atoms with van der Waals surface area (Å²) in [6.45, 7) is 8.58. The zero-order valence-corrected chi connectivity index (χ0v) is 14.9. The van der Waals surface area contributed by atoms with Crippen LogP contribution in [0, 0.1) is 0 Å². The van der Waals surface area contributed by atoms with Gasteiger partial charge in [0, 0.05) is 13.1 Å². The molecule has 0 atom stereocenters. The van der Waals surface area contributed by atoms with Crippen LogP contribution in [0.15, 0.2) is 59.8 Å². The van der Waals surface area contributed by atoms with Gasteiger partial charge < -0.3 is 4.90 Å². The van der Waals surface area contributed by atoms with Gasteiger partial charge >= 0.3 is 0 Å². The monoisotopic (exact) mass is 351 g/mol. The van der Waals surface area contributed by atoms with Gasteiger partial charge in [0.25, 0.3) is 5.56 Å². The Balaban J connectivity index is 1.92. The molecule has 0 aliphatic rings. The van der Waals surface area contributed by atoms with Crippen molar-refractivity contribution in [1.29, 1.82) is 0 Å². The van der Waals surface area contributed by atoms with Gasteiger partial charge in [0.15, 0.2) is 5.65 Å². The number of benzene rings is 1. The molecular formula is C19H21N5O2. The Morgan fingerprint density at radius 2 is 2.00 bits per heavy atom. The normalized spacial score (nSPS) is 10.8. The lowest BCUT2D eigenvalue weighted by atomic mass is 10.3. The summed E-state index contributed by atoms with van der Waals surface area (Å²) < 4.78 is 2.94. The molecule has 0 N–H and O–H groups in total. The fourth-order valence-electron chi connectivity index (χ4n) is 2.77. The van der Waals surface area contributed by atoms with Crippen LogP contribution in [-0.2, 0) is 11.3 Å².